The average molecular weight is 261 g/mol. The van der Waals surface area contributed by atoms with Crippen molar-refractivity contribution in [3.8, 4) is 0 Å². The van der Waals surface area contributed by atoms with Crippen molar-refractivity contribution in [2.24, 2.45) is 17.1 Å². The lowest BCUT2D eigenvalue weighted by molar-refractivity contribution is 0.109. The standard InChI is InChI=1S/C17H27NO/c1-16(2,3)14-6-4-13(5-7-14)10-17(11-18,12-19)15-8-9-15/h4-7,15,19H,8-12,18H2,1-3H3. The minimum Gasteiger partial charge on any atom is -0.396 e. The molecule has 1 aromatic carbocycles. The summed E-state index contributed by atoms with van der Waals surface area (Å²) in [6.07, 6.45) is 3.34. The van der Waals surface area contributed by atoms with Gasteiger partial charge in [0, 0.05) is 12.0 Å². The SMILES string of the molecule is CC(C)(C)c1ccc(CC(CN)(CO)C2CC2)cc1. The zero-order valence-electron chi connectivity index (χ0n) is 12.4. The smallest absolute Gasteiger partial charge is 0.0505 e. The Bertz CT molecular complexity index is 408. The van der Waals surface area contributed by atoms with Gasteiger partial charge in [0.15, 0.2) is 0 Å². The summed E-state index contributed by atoms with van der Waals surface area (Å²) < 4.78 is 0. The third-order valence-electron chi connectivity index (χ3n) is 4.54. The zero-order valence-corrected chi connectivity index (χ0v) is 12.4. The monoisotopic (exact) mass is 261 g/mol. The van der Waals surface area contributed by atoms with Gasteiger partial charge in [-0.25, -0.2) is 0 Å². The highest BCUT2D eigenvalue weighted by Crippen LogP contribution is 2.46. The van der Waals surface area contributed by atoms with Crippen molar-refractivity contribution in [2.45, 2.75) is 45.4 Å². The van der Waals surface area contributed by atoms with Crippen LogP contribution in [0.1, 0.15) is 44.7 Å². The van der Waals surface area contributed by atoms with Gasteiger partial charge in [0.1, 0.15) is 0 Å². The van der Waals surface area contributed by atoms with E-state index in [1.807, 2.05) is 0 Å². The molecule has 0 radical (unpaired) electrons. The Morgan fingerprint density at radius 2 is 1.74 bits per heavy atom. The van der Waals surface area contributed by atoms with Gasteiger partial charge in [-0.15, -0.1) is 0 Å². The Balaban J connectivity index is 2.14. The minimum absolute atomic E-state index is 0.0940. The summed E-state index contributed by atoms with van der Waals surface area (Å²) in [6.45, 7) is 7.46. The predicted molar refractivity (Wildman–Crippen MR) is 80.1 cm³/mol. The van der Waals surface area contributed by atoms with Crippen LogP contribution in [-0.4, -0.2) is 18.3 Å². The van der Waals surface area contributed by atoms with Gasteiger partial charge in [-0.2, -0.15) is 0 Å². The first-order chi connectivity index (χ1) is 8.91. The zero-order chi connectivity index (χ0) is 14.1. The van der Waals surface area contributed by atoms with Gasteiger partial charge in [0.25, 0.3) is 0 Å². The molecule has 1 aromatic rings. The molecule has 1 unspecified atom stereocenters. The third-order valence-corrected chi connectivity index (χ3v) is 4.54. The van der Waals surface area contributed by atoms with Crippen LogP contribution in [0.3, 0.4) is 0 Å². The molecule has 2 nitrogen and oxygen atoms in total. The maximum Gasteiger partial charge on any atom is 0.0505 e. The Morgan fingerprint density at radius 1 is 1.16 bits per heavy atom. The topological polar surface area (TPSA) is 46.2 Å². The number of aliphatic hydroxyl groups excluding tert-OH is 1. The molecule has 2 rings (SSSR count). The highest BCUT2D eigenvalue weighted by atomic mass is 16.3. The summed E-state index contributed by atoms with van der Waals surface area (Å²) in [5, 5.41) is 9.75. The lowest BCUT2D eigenvalue weighted by atomic mass is 9.77. The second-order valence-corrected chi connectivity index (χ2v) is 7.12. The molecule has 0 bridgehead atoms. The first kappa shape index (κ1) is 14.5. The molecule has 0 aliphatic heterocycles. The molecule has 0 heterocycles. The van der Waals surface area contributed by atoms with Crippen molar-refractivity contribution in [3.05, 3.63) is 35.4 Å². The van der Waals surface area contributed by atoms with Gasteiger partial charge in [0.2, 0.25) is 0 Å². The van der Waals surface area contributed by atoms with Gasteiger partial charge in [-0.05, 0) is 41.7 Å². The van der Waals surface area contributed by atoms with Crippen molar-refractivity contribution < 1.29 is 5.11 Å². The van der Waals surface area contributed by atoms with Crippen LogP contribution in [0.25, 0.3) is 0 Å². The van der Waals surface area contributed by atoms with Gasteiger partial charge < -0.3 is 10.8 Å². The van der Waals surface area contributed by atoms with Gasteiger partial charge >= 0.3 is 0 Å². The summed E-state index contributed by atoms with van der Waals surface area (Å²) in [5.74, 6) is 0.616. The lowest BCUT2D eigenvalue weighted by Crippen LogP contribution is -2.38. The molecule has 19 heavy (non-hydrogen) atoms. The van der Waals surface area contributed by atoms with Crippen molar-refractivity contribution in [1.82, 2.24) is 0 Å². The van der Waals surface area contributed by atoms with Crippen LogP contribution in [0.2, 0.25) is 0 Å². The predicted octanol–water partition coefficient (Wildman–Crippen LogP) is 2.87. The molecule has 0 aromatic heterocycles. The van der Waals surface area contributed by atoms with E-state index < -0.39 is 0 Å². The molecular formula is C17H27NO. The van der Waals surface area contributed by atoms with E-state index in [0.29, 0.717) is 12.5 Å². The molecule has 0 spiro atoms. The highest BCUT2D eigenvalue weighted by molar-refractivity contribution is 5.28. The number of aliphatic hydroxyl groups is 1. The fourth-order valence-electron chi connectivity index (χ4n) is 2.86. The first-order valence-electron chi connectivity index (χ1n) is 7.32. The van der Waals surface area contributed by atoms with Crippen molar-refractivity contribution in [2.75, 3.05) is 13.2 Å². The fourth-order valence-corrected chi connectivity index (χ4v) is 2.86. The quantitative estimate of drug-likeness (QED) is 0.856. The molecule has 106 valence electrons. The van der Waals surface area contributed by atoms with Gasteiger partial charge in [-0.1, -0.05) is 45.0 Å². The normalized spacial score (nSPS) is 19.2. The van der Waals surface area contributed by atoms with E-state index in [1.54, 1.807) is 0 Å². The lowest BCUT2D eigenvalue weighted by Gasteiger charge is -2.31. The van der Waals surface area contributed by atoms with Gasteiger partial charge in [0.05, 0.1) is 6.61 Å². The van der Waals surface area contributed by atoms with Crippen LogP contribution in [0.15, 0.2) is 24.3 Å². The van der Waals surface area contributed by atoms with Crippen LogP contribution < -0.4 is 5.73 Å². The Hall–Kier alpha value is -0.860. The second-order valence-electron chi connectivity index (χ2n) is 7.12. The van der Waals surface area contributed by atoms with E-state index in [4.69, 9.17) is 5.73 Å². The summed E-state index contributed by atoms with van der Waals surface area (Å²) in [6, 6.07) is 8.81. The highest BCUT2D eigenvalue weighted by Gasteiger charge is 2.43. The largest absolute Gasteiger partial charge is 0.396 e. The molecule has 0 amide bonds. The van der Waals surface area contributed by atoms with Crippen molar-refractivity contribution in [3.63, 3.8) is 0 Å². The van der Waals surface area contributed by atoms with Crippen LogP contribution in [0.5, 0.6) is 0 Å². The minimum atomic E-state index is -0.0940. The average Bonchev–Trinajstić information content (AvgIpc) is 3.20. The van der Waals surface area contributed by atoms with Crippen LogP contribution >= 0.6 is 0 Å². The first-order valence-corrected chi connectivity index (χ1v) is 7.32. The number of nitrogens with two attached hydrogens (primary N) is 1. The Labute approximate surface area is 117 Å². The Kier molecular flexibility index (Phi) is 4.03. The van der Waals surface area contributed by atoms with Crippen molar-refractivity contribution >= 4 is 0 Å². The van der Waals surface area contributed by atoms with Gasteiger partial charge in [-0.3, -0.25) is 0 Å². The number of rotatable bonds is 5. The van der Waals surface area contributed by atoms with Crippen molar-refractivity contribution in [1.29, 1.82) is 0 Å². The number of hydrogen-bond acceptors (Lipinski definition) is 2. The van der Waals surface area contributed by atoms with Crippen LogP contribution in [0.4, 0.5) is 0 Å². The molecule has 1 fully saturated rings. The van der Waals surface area contributed by atoms with E-state index in [2.05, 4.69) is 45.0 Å². The van der Waals surface area contributed by atoms with E-state index in [-0.39, 0.29) is 17.4 Å². The molecule has 1 atom stereocenters. The maximum absolute atomic E-state index is 9.75. The van der Waals surface area contributed by atoms with E-state index in [9.17, 15) is 5.11 Å². The summed E-state index contributed by atoms with van der Waals surface area (Å²) in [5.41, 5.74) is 8.69. The summed E-state index contributed by atoms with van der Waals surface area (Å²) in [7, 11) is 0. The Morgan fingerprint density at radius 3 is 2.11 bits per heavy atom. The van der Waals surface area contributed by atoms with E-state index in [1.165, 1.54) is 24.0 Å². The molecule has 3 N–H and O–H groups in total. The molecule has 1 aliphatic carbocycles. The van der Waals surface area contributed by atoms with E-state index >= 15 is 0 Å². The fraction of sp³-hybridized carbons (Fsp3) is 0.647. The molecule has 0 saturated heterocycles. The number of hydrogen-bond donors (Lipinski definition) is 2. The third kappa shape index (κ3) is 3.18. The maximum atomic E-state index is 9.75. The van der Waals surface area contributed by atoms with Crippen LogP contribution in [0, 0.1) is 11.3 Å². The van der Waals surface area contributed by atoms with E-state index in [0.717, 1.165) is 6.42 Å². The molecule has 2 heteroatoms. The molecule has 1 aliphatic rings. The molecule has 1 saturated carbocycles. The summed E-state index contributed by atoms with van der Waals surface area (Å²) in [4.78, 5) is 0. The molecular weight excluding hydrogens is 234 g/mol. The number of benzene rings is 1. The van der Waals surface area contributed by atoms with Crippen LogP contribution in [-0.2, 0) is 11.8 Å². The second kappa shape index (κ2) is 5.26. The summed E-state index contributed by atoms with van der Waals surface area (Å²) >= 11 is 0.